The molecule has 1 amide bonds. The van der Waals surface area contributed by atoms with Crippen LogP contribution in [0.1, 0.15) is 34.3 Å². The van der Waals surface area contributed by atoms with Crippen molar-refractivity contribution in [2.24, 2.45) is 0 Å². The first-order valence-electron chi connectivity index (χ1n) is 7.30. The average molecular weight is 286 g/mol. The van der Waals surface area contributed by atoms with Crippen molar-refractivity contribution in [3.63, 3.8) is 0 Å². The smallest absolute Gasteiger partial charge is 0.251 e. The predicted molar refractivity (Wildman–Crippen MR) is 83.1 cm³/mol. The number of benzene rings is 1. The number of rotatable bonds is 2. The molecule has 0 spiro atoms. The molecule has 4 nitrogen and oxygen atoms in total. The molecular weight excluding hydrogens is 264 g/mol. The van der Waals surface area contributed by atoms with Gasteiger partial charge in [-0.3, -0.25) is 4.79 Å². The van der Waals surface area contributed by atoms with Gasteiger partial charge >= 0.3 is 0 Å². The van der Waals surface area contributed by atoms with Crippen LogP contribution >= 0.6 is 0 Å². The lowest BCUT2D eigenvalue weighted by molar-refractivity contribution is 0.0917. The molecule has 1 aromatic rings. The molecular formula is C17H22N2O2. The van der Waals surface area contributed by atoms with Crippen molar-refractivity contribution in [1.82, 2.24) is 10.2 Å². The van der Waals surface area contributed by atoms with E-state index in [0.29, 0.717) is 5.56 Å². The molecule has 1 aliphatic heterocycles. The molecule has 0 aliphatic carbocycles. The molecule has 1 saturated heterocycles. The highest BCUT2D eigenvalue weighted by atomic mass is 16.2. The van der Waals surface area contributed by atoms with Gasteiger partial charge in [0.25, 0.3) is 5.91 Å². The van der Waals surface area contributed by atoms with Gasteiger partial charge in [-0.2, -0.15) is 0 Å². The lowest BCUT2D eigenvalue weighted by Gasteiger charge is -2.29. The maximum absolute atomic E-state index is 12.3. The van der Waals surface area contributed by atoms with Gasteiger partial charge < -0.3 is 15.3 Å². The summed E-state index contributed by atoms with van der Waals surface area (Å²) in [5.41, 5.74) is 2.47. The van der Waals surface area contributed by atoms with Gasteiger partial charge in [0.05, 0.1) is 0 Å². The number of aryl methyl sites for hydroxylation is 1. The van der Waals surface area contributed by atoms with Crippen LogP contribution in [0.3, 0.4) is 0 Å². The second kappa shape index (κ2) is 7.26. The first-order valence-corrected chi connectivity index (χ1v) is 7.30. The Balaban J connectivity index is 2.01. The van der Waals surface area contributed by atoms with Crippen LogP contribution in [0.15, 0.2) is 18.2 Å². The third kappa shape index (κ3) is 4.32. The van der Waals surface area contributed by atoms with Crippen LogP contribution in [0.5, 0.6) is 0 Å². The molecule has 0 saturated carbocycles. The maximum atomic E-state index is 12.3. The Labute approximate surface area is 126 Å². The van der Waals surface area contributed by atoms with Crippen molar-refractivity contribution in [2.75, 3.05) is 26.7 Å². The highest BCUT2D eigenvalue weighted by Gasteiger charge is 2.19. The zero-order chi connectivity index (χ0) is 15.2. The number of amides is 1. The first-order chi connectivity index (χ1) is 10.1. The SMILES string of the molecule is Cc1cc(C(=O)NC2CCN(C)CC2)ccc1C#CCO. The number of hydrogen-bond donors (Lipinski definition) is 2. The molecule has 1 fully saturated rings. The number of hydrogen-bond acceptors (Lipinski definition) is 3. The van der Waals surface area contributed by atoms with Gasteiger partial charge in [0, 0.05) is 17.2 Å². The summed E-state index contributed by atoms with van der Waals surface area (Å²) in [4.78, 5) is 14.6. The van der Waals surface area contributed by atoms with Gasteiger partial charge in [0.2, 0.25) is 0 Å². The van der Waals surface area contributed by atoms with Crippen LogP contribution in [0.25, 0.3) is 0 Å². The number of carbonyl (C=O) groups excluding carboxylic acids is 1. The molecule has 112 valence electrons. The molecule has 0 aromatic heterocycles. The summed E-state index contributed by atoms with van der Waals surface area (Å²) in [6, 6.07) is 5.74. The Morgan fingerprint density at radius 2 is 2.14 bits per heavy atom. The van der Waals surface area contributed by atoms with Crippen LogP contribution in [0.4, 0.5) is 0 Å². The monoisotopic (exact) mass is 286 g/mol. The van der Waals surface area contributed by atoms with Crippen LogP contribution in [-0.2, 0) is 0 Å². The number of nitrogens with one attached hydrogen (secondary N) is 1. The summed E-state index contributed by atoms with van der Waals surface area (Å²) in [7, 11) is 2.10. The minimum Gasteiger partial charge on any atom is -0.384 e. The molecule has 0 bridgehead atoms. The molecule has 2 rings (SSSR count). The summed E-state index contributed by atoms with van der Waals surface area (Å²) in [6.45, 7) is 3.82. The zero-order valence-electron chi connectivity index (χ0n) is 12.6. The fourth-order valence-corrected chi connectivity index (χ4v) is 2.50. The Bertz CT molecular complexity index is 564. The van der Waals surface area contributed by atoms with Crippen molar-refractivity contribution < 1.29 is 9.90 Å². The molecule has 0 radical (unpaired) electrons. The summed E-state index contributed by atoms with van der Waals surface area (Å²) < 4.78 is 0. The number of nitrogens with zero attached hydrogens (tertiary/aromatic N) is 1. The van der Waals surface area contributed by atoms with E-state index in [2.05, 4.69) is 29.1 Å². The Kier molecular flexibility index (Phi) is 5.38. The minimum absolute atomic E-state index is 0.0191. The van der Waals surface area contributed by atoms with E-state index in [1.165, 1.54) is 0 Å². The van der Waals surface area contributed by atoms with E-state index in [4.69, 9.17) is 5.11 Å². The second-order valence-corrected chi connectivity index (χ2v) is 5.54. The lowest BCUT2D eigenvalue weighted by Crippen LogP contribution is -2.43. The van der Waals surface area contributed by atoms with Crippen molar-refractivity contribution >= 4 is 5.91 Å². The molecule has 4 heteroatoms. The van der Waals surface area contributed by atoms with E-state index in [1.54, 1.807) is 6.07 Å². The summed E-state index contributed by atoms with van der Waals surface area (Å²) in [6.07, 6.45) is 2.00. The maximum Gasteiger partial charge on any atom is 0.251 e. The van der Waals surface area contributed by atoms with E-state index >= 15 is 0 Å². The standard InChI is InChI=1S/C17H22N2O2/c1-13-12-15(6-5-14(13)4-3-11-20)17(21)18-16-7-9-19(2)10-8-16/h5-6,12,16,20H,7-11H2,1-2H3,(H,18,21). The van der Waals surface area contributed by atoms with Crippen LogP contribution < -0.4 is 5.32 Å². The molecule has 2 N–H and O–H groups in total. The minimum atomic E-state index is -0.155. The van der Waals surface area contributed by atoms with Gasteiger partial charge in [-0.25, -0.2) is 0 Å². The van der Waals surface area contributed by atoms with Crippen LogP contribution in [0, 0.1) is 18.8 Å². The van der Waals surface area contributed by atoms with Crippen LogP contribution in [0.2, 0.25) is 0 Å². The van der Waals surface area contributed by atoms with Gasteiger partial charge in [-0.15, -0.1) is 0 Å². The Morgan fingerprint density at radius 1 is 1.43 bits per heavy atom. The predicted octanol–water partition coefficient (Wildman–Crippen LogP) is 1.16. The zero-order valence-corrected chi connectivity index (χ0v) is 12.6. The van der Waals surface area contributed by atoms with Crippen molar-refractivity contribution in [1.29, 1.82) is 0 Å². The van der Waals surface area contributed by atoms with Crippen molar-refractivity contribution in [2.45, 2.75) is 25.8 Å². The normalized spacial score (nSPS) is 16.1. The quantitative estimate of drug-likeness (QED) is 0.802. The van der Waals surface area contributed by atoms with E-state index < -0.39 is 0 Å². The Hall–Kier alpha value is -1.83. The fourth-order valence-electron chi connectivity index (χ4n) is 2.50. The fraction of sp³-hybridized carbons (Fsp3) is 0.471. The summed E-state index contributed by atoms with van der Waals surface area (Å²) in [5.74, 6) is 5.48. The molecule has 1 aromatic carbocycles. The first kappa shape index (κ1) is 15.6. The third-order valence-electron chi connectivity index (χ3n) is 3.84. The van der Waals surface area contributed by atoms with Gasteiger partial charge in [-0.1, -0.05) is 11.8 Å². The second-order valence-electron chi connectivity index (χ2n) is 5.54. The van der Waals surface area contributed by atoms with Crippen molar-refractivity contribution in [3.8, 4) is 11.8 Å². The van der Waals surface area contributed by atoms with E-state index in [9.17, 15) is 4.79 Å². The van der Waals surface area contributed by atoms with Gasteiger partial charge in [0.15, 0.2) is 0 Å². The van der Waals surface area contributed by atoms with E-state index in [1.807, 2.05) is 19.1 Å². The third-order valence-corrected chi connectivity index (χ3v) is 3.84. The number of piperidine rings is 1. The molecule has 0 atom stereocenters. The lowest BCUT2D eigenvalue weighted by atomic mass is 10.0. The number of carbonyl (C=O) groups is 1. The number of likely N-dealkylation sites (tertiary alicyclic amines) is 1. The summed E-state index contributed by atoms with van der Waals surface area (Å²) in [5, 5.41) is 11.8. The van der Waals surface area contributed by atoms with E-state index in [0.717, 1.165) is 37.1 Å². The molecule has 0 unspecified atom stereocenters. The highest BCUT2D eigenvalue weighted by Crippen LogP contribution is 2.12. The van der Waals surface area contributed by atoms with Gasteiger partial charge in [-0.05, 0) is 63.7 Å². The van der Waals surface area contributed by atoms with Gasteiger partial charge in [0.1, 0.15) is 6.61 Å². The highest BCUT2D eigenvalue weighted by molar-refractivity contribution is 5.94. The number of aliphatic hydroxyl groups is 1. The molecule has 1 aliphatic rings. The van der Waals surface area contributed by atoms with Crippen molar-refractivity contribution in [3.05, 3.63) is 34.9 Å². The molecule has 1 heterocycles. The largest absolute Gasteiger partial charge is 0.384 e. The molecule has 21 heavy (non-hydrogen) atoms. The number of aliphatic hydroxyl groups excluding tert-OH is 1. The average Bonchev–Trinajstić information content (AvgIpc) is 2.48. The van der Waals surface area contributed by atoms with E-state index in [-0.39, 0.29) is 18.6 Å². The Morgan fingerprint density at radius 3 is 2.76 bits per heavy atom. The van der Waals surface area contributed by atoms with Crippen LogP contribution in [-0.4, -0.2) is 48.7 Å². The topological polar surface area (TPSA) is 52.6 Å². The summed E-state index contributed by atoms with van der Waals surface area (Å²) >= 11 is 0.